The lowest BCUT2D eigenvalue weighted by Crippen LogP contribution is -2.55. The van der Waals surface area contributed by atoms with Gasteiger partial charge in [0.25, 0.3) is 0 Å². The van der Waals surface area contributed by atoms with Gasteiger partial charge in [-0.1, -0.05) is 83.9 Å². The molecule has 1 aromatic rings. The van der Waals surface area contributed by atoms with Crippen LogP contribution in [0.15, 0.2) is 12.1 Å². The maximum Gasteiger partial charge on any atom is 0.416 e. The molecule has 0 atom stereocenters. The van der Waals surface area contributed by atoms with Gasteiger partial charge in [-0.25, -0.2) is 0 Å². The molecule has 28 heavy (non-hydrogen) atoms. The standard InChI is InChI=1S/C20H32F6Si2/c1-7-27(8-2,9-3)17-14-18(28(10-4,11-5)12-6)16(20(24,25)26)13-15(17)19(21,22)23/h13-14H,7-12H2,1-6H3. The van der Waals surface area contributed by atoms with E-state index in [1.165, 1.54) is 6.07 Å². The van der Waals surface area contributed by atoms with Crippen LogP contribution in [0, 0.1) is 0 Å². The lowest BCUT2D eigenvalue weighted by molar-refractivity contribution is -0.142. The summed E-state index contributed by atoms with van der Waals surface area (Å²) >= 11 is 0. The van der Waals surface area contributed by atoms with Crippen molar-refractivity contribution in [1.29, 1.82) is 0 Å². The normalized spacial score (nSPS) is 13.9. The number of hydrogen-bond acceptors (Lipinski definition) is 0. The van der Waals surface area contributed by atoms with E-state index in [1.54, 1.807) is 0 Å². The van der Waals surface area contributed by atoms with Crippen LogP contribution in [-0.4, -0.2) is 16.1 Å². The number of rotatable bonds is 8. The van der Waals surface area contributed by atoms with Crippen LogP contribution >= 0.6 is 0 Å². The van der Waals surface area contributed by atoms with Crippen LogP contribution in [0.1, 0.15) is 52.7 Å². The van der Waals surface area contributed by atoms with E-state index >= 15 is 0 Å². The van der Waals surface area contributed by atoms with E-state index in [0.29, 0.717) is 42.3 Å². The Morgan fingerprint density at radius 3 is 0.964 bits per heavy atom. The Morgan fingerprint density at radius 2 is 0.786 bits per heavy atom. The molecule has 0 fully saturated rings. The third kappa shape index (κ3) is 4.52. The molecule has 8 heteroatoms. The zero-order chi connectivity index (χ0) is 22.0. The highest BCUT2D eigenvalue weighted by Crippen LogP contribution is 2.38. The maximum absolute atomic E-state index is 13.9. The molecule has 1 aromatic carbocycles. The summed E-state index contributed by atoms with van der Waals surface area (Å²) in [6.45, 7) is 11.3. The second kappa shape index (κ2) is 8.94. The topological polar surface area (TPSA) is 0 Å². The van der Waals surface area contributed by atoms with Crippen LogP contribution in [0.3, 0.4) is 0 Å². The van der Waals surface area contributed by atoms with Crippen LogP contribution in [0.5, 0.6) is 0 Å². The van der Waals surface area contributed by atoms with Gasteiger partial charge in [0.05, 0.1) is 27.3 Å². The largest absolute Gasteiger partial charge is 0.416 e. The summed E-state index contributed by atoms with van der Waals surface area (Å²) in [6, 6.07) is 5.35. The van der Waals surface area contributed by atoms with Crippen LogP contribution in [-0.2, 0) is 12.4 Å². The number of benzene rings is 1. The number of halogens is 6. The minimum atomic E-state index is -4.79. The highest BCUT2D eigenvalue weighted by molar-refractivity contribution is 6.94. The van der Waals surface area contributed by atoms with E-state index in [9.17, 15) is 26.3 Å². The molecule has 0 nitrogen and oxygen atoms in total. The second-order valence-electron chi connectivity index (χ2n) is 7.62. The molecule has 0 radical (unpaired) electrons. The molecule has 0 saturated heterocycles. The SMILES string of the molecule is CC[Si](CC)(CC)c1cc([Si](CC)(CC)CC)c(C(F)(F)F)cc1C(F)(F)F. The van der Waals surface area contributed by atoms with Gasteiger partial charge in [-0.05, 0) is 16.4 Å². The van der Waals surface area contributed by atoms with Crippen molar-refractivity contribution in [2.45, 2.75) is 90.2 Å². The van der Waals surface area contributed by atoms with Crippen molar-refractivity contribution >= 4 is 26.5 Å². The van der Waals surface area contributed by atoms with Crippen LogP contribution < -0.4 is 10.4 Å². The van der Waals surface area contributed by atoms with Gasteiger partial charge in [0.1, 0.15) is 0 Å². The van der Waals surface area contributed by atoms with Gasteiger partial charge in [0.15, 0.2) is 0 Å². The highest BCUT2D eigenvalue weighted by Gasteiger charge is 2.47. The molecule has 0 spiro atoms. The summed E-state index contributed by atoms with van der Waals surface area (Å²) in [7, 11) is -5.09. The molecular formula is C20H32F6Si2. The predicted molar refractivity (Wildman–Crippen MR) is 110 cm³/mol. The van der Waals surface area contributed by atoms with E-state index in [2.05, 4.69) is 0 Å². The minimum Gasteiger partial charge on any atom is -0.166 e. The molecule has 0 saturated carbocycles. The molecule has 0 bridgehead atoms. The summed E-state index contributed by atoms with van der Waals surface area (Å²) in [5.41, 5.74) is -2.13. The zero-order valence-corrected chi connectivity index (χ0v) is 19.7. The van der Waals surface area contributed by atoms with E-state index < -0.39 is 39.6 Å². The monoisotopic (exact) mass is 442 g/mol. The molecule has 0 aliphatic carbocycles. The minimum absolute atomic E-state index is 0.183. The summed E-state index contributed by atoms with van der Waals surface area (Å²) < 4.78 is 83.4. The molecule has 0 aromatic heterocycles. The summed E-state index contributed by atoms with van der Waals surface area (Å²) in [5, 5.41) is 0.366. The Morgan fingerprint density at radius 1 is 0.536 bits per heavy atom. The lowest BCUT2D eigenvalue weighted by atomic mass is 10.1. The van der Waals surface area contributed by atoms with Crippen molar-refractivity contribution in [1.82, 2.24) is 0 Å². The molecule has 0 aliphatic heterocycles. The predicted octanol–water partition coefficient (Wildman–Crippen LogP) is 7.16. The molecular weight excluding hydrogens is 410 g/mol. The first-order chi connectivity index (χ1) is 12.8. The van der Waals surface area contributed by atoms with E-state index in [4.69, 9.17) is 0 Å². The Labute approximate surface area is 166 Å². The van der Waals surface area contributed by atoms with Crippen molar-refractivity contribution in [2.24, 2.45) is 0 Å². The van der Waals surface area contributed by atoms with Gasteiger partial charge < -0.3 is 0 Å². The van der Waals surface area contributed by atoms with Gasteiger partial charge in [-0.3, -0.25) is 0 Å². The second-order valence-corrected chi connectivity index (χ2v) is 18.1. The van der Waals surface area contributed by atoms with Gasteiger partial charge in [0, 0.05) is 0 Å². The van der Waals surface area contributed by atoms with Crippen molar-refractivity contribution in [3.63, 3.8) is 0 Å². The van der Waals surface area contributed by atoms with Crippen molar-refractivity contribution in [3.8, 4) is 0 Å². The molecule has 1 rings (SSSR count). The molecule has 0 N–H and O–H groups in total. The zero-order valence-electron chi connectivity index (χ0n) is 17.7. The van der Waals surface area contributed by atoms with Crippen molar-refractivity contribution in [3.05, 3.63) is 23.3 Å². The van der Waals surface area contributed by atoms with Crippen molar-refractivity contribution in [2.75, 3.05) is 0 Å². The van der Waals surface area contributed by atoms with Crippen LogP contribution in [0.4, 0.5) is 26.3 Å². The molecule has 0 unspecified atom stereocenters. The Bertz CT molecular complexity index is 586. The van der Waals surface area contributed by atoms with E-state index in [1.807, 2.05) is 41.5 Å². The molecule has 0 heterocycles. The molecule has 162 valence electrons. The van der Waals surface area contributed by atoms with Crippen LogP contribution in [0.25, 0.3) is 0 Å². The Balaban J connectivity index is 4.15. The van der Waals surface area contributed by atoms with Gasteiger partial charge in [-0.15, -0.1) is 0 Å². The Kier molecular flexibility index (Phi) is 8.07. The fourth-order valence-electron chi connectivity index (χ4n) is 4.59. The fraction of sp³-hybridized carbons (Fsp3) is 0.700. The average Bonchev–Trinajstić information content (AvgIpc) is 2.64. The smallest absolute Gasteiger partial charge is 0.166 e. The van der Waals surface area contributed by atoms with Gasteiger partial charge in [-0.2, -0.15) is 26.3 Å². The van der Waals surface area contributed by atoms with Crippen molar-refractivity contribution < 1.29 is 26.3 Å². The fourth-order valence-corrected chi connectivity index (χ4v) is 12.5. The number of alkyl halides is 6. The summed E-state index contributed by atoms with van der Waals surface area (Å²) in [5.74, 6) is 0. The van der Waals surface area contributed by atoms with Gasteiger partial charge in [0.2, 0.25) is 0 Å². The Hall–Kier alpha value is -0.766. The van der Waals surface area contributed by atoms with E-state index in [0.717, 1.165) is 0 Å². The first-order valence-electron chi connectivity index (χ1n) is 10.2. The summed E-state index contributed by atoms with van der Waals surface area (Å²) in [6.07, 6.45) is -9.58. The molecule has 0 amide bonds. The highest BCUT2D eigenvalue weighted by atomic mass is 28.3. The third-order valence-corrected chi connectivity index (χ3v) is 18.2. The van der Waals surface area contributed by atoms with Gasteiger partial charge >= 0.3 is 12.4 Å². The summed E-state index contributed by atoms with van der Waals surface area (Å²) in [4.78, 5) is 0. The first-order valence-corrected chi connectivity index (χ1v) is 15.4. The van der Waals surface area contributed by atoms with E-state index in [-0.39, 0.29) is 10.4 Å². The quantitative estimate of drug-likeness (QED) is 0.296. The average molecular weight is 443 g/mol. The first kappa shape index (κ1) is 25.3. The lowest BCUT2D eigenvalue weighted by Gasteiger charge is -2.37. The molecule has 0 aliphatic rings. The van der Waals surface area contributed by atoms with Crippen LogP contribution in [0.2, 0.25) is 36.3 Å². The maximum atomic E-state index is 13.9. The third-order valence-electron chi connectivity index (χ3n) is 6.97. The number of hydrogen-bond donors (Lipinski definition) is 0.